The van der Waals surface area contributed by atoms with Gasteiger partial charge in [-0.3, -0.25) is 19.3 Å². The maximum atomic E-state index is 10.00. The molecule has 0 aliphatic heterocycles. The van der Waals surface area contributed by atoms with E-state index in [9.17, 15) is 10.5 Å². The van der Waals surface area contributed by atoms with Gasteiger partial charge in [-0.05, 0) is 80.5 Å². The van der Waals surface area contributed by atoms with Crippen LogP contribution < -0.4 is 4.74 Å². The molecule has 1 aromatic carbocycles. The van der Waals surface area contributed by atoms with E-state index in [1.165, 1.54) is 25.7 Å². The predicted octanol–water partition coefficient (Wildman–Crippen LogP) is 9.68. The van der Waals surface area contributed by atoms with Gasteiger partial charge in [0, 0.05) is 83.1 Å². The number of rotatable bonds is 11. The van der Waals surface area contributed by atoms with Crippen LogP contribution in [0.25, 0.3) is 66.8 Å². The number of nitriles is 2. The Bertz CT molecular complexity index is 3180. The Labute approximate surface area is 371 Å². The van der Waals surface area contributed by atoms with Crippen molar-refractivity contribution in [2.75, 3.05) is 7.11 Å². The average molecular weight is 848 g/mol. The highest BCUT2D eigenvalue weighted by Crippen LogP contribution is 2.46. The van der Waals surface area contributed by atoms with Crippen molar-refractivity contribution >= 4 is 22.1 Å². The molecule has 2 atom stereocenters. The zero-order valence-electron chi connectivity index (χ0n) is 36.9. The van der Waals surface area contributed by atoms with E-state index in [4.69, 9.17) is 34.9 Å². The molecular weight excluding hydrogens is 799 g/mol. The van der Waals surface area contributed by atoms with Gasteiger partial charge in [0.15, 0.2) is 5.65 Å². The van der Waals surface area contributed by atoms with Crippen LogP contribution in [0.5, 0.6) is 5.88 Å². The van der Waals surface area contributed by atoms with Crippen LogP contribution in [0.2, 0.25) is 0 Å². The smallest absolute Gasteiger partial charge is 0.233 e. The summed E-state index contributed by atoms with van der Waals surface area (Å²) in [7, 11) is 1.57. The maximum Gasteiger partial charge on any atom is 0.233 e. The van der Waals surface area contributed by atoms with E-state index in [2.05, 4.69) is 59.2 Å². The summed E-state index contributed by atoms with van der Waals surface area (Å²) in [5, 5.41) is 39.0. The topological polar surface area (TPSA) is 175 Å². The third-order valence-corrected chi connectivity index (χ3v) is 13.9. The number of hydrogen-bond donors (Lipinski definition) is 0. The van der Waals surface area contributed by atoms with Crippen LogP contribution in [-0.2, 0) is 19.6 Å². The fourth-order valence-electron chi connectivity index (χ4n) is 10.2. The lowest BCUT2D eigenvalue weighted by molar-refractivity contribution is 0.166. The number of fused-ring (bicyclic) bond motifs is 2. The first-order valence-electron chi connectivity index (χ1n) is 22.0. The molecule has 320 valence electrons. The molecule has 10 rings (SSSR count). The highest BCUT2D eigenvalue weighted by Gasteiger charge is 2.40. The van der Waals surface area contributed by atoms with Crippen LogP contribution >= 0.6 is 0 Å². The molecule has 2 unspecified atom stereocenters. The van der Waals surface area contributed by atoms with Crippen molar-refractivity contribution in [3.05, 3.63) is 102 Å². The largest absolute Gasteiger partial charge is 0.480 e. The van der Waals surface area contributed by atoms with Crippen molar-refractivity contribution in [1.29, 1.82) is 10.5 Å². The molecule has 2 aliphatic carbocycles. The fraction of sp³-hybridized carbons (Fsp3) is 0.360. The maximum absolute atomic E-state index is 10.00. The van der Waals surface area contributed by atoms with E-state index in [1.54, 1.807) is 7.11 Å². The van der Waals surface area contributed by atoms with Crippen molar-refractivity contribution in [2.45, 2.75) is 92.3 Å². The van der Waals surface area contributed by atoms with Crippen LogP contribution in [0.15, 0.2) is 79.8 Å². The molecule has 14 heteroatoms. The van der Waals surface area contributed by atoms with Gasteiger partial charge in [0.05, 0.1) is 65.3 Å². The summed E-state index contributed by atoms with van der Waals surface area (Å²) in [6.45, 7) is 10.8. The Hall–Kier alpha value is -7.32. The molecule has 7 aromatic heterocycles. The third-order valence-electron chi connectivity index (χ3n) is 13.9. The minimum Gasteiger partial charge on any atom is -0.480 e. The van der Waals surface area contributed by atoms with Crippen molar-refractivity contribution in [3.8, 4) is 62.8 Å². The van der Waals surface area contributed by atoms with E-state index in [0.717, 1.165) is 106 Å². The highest BCUT2D eigenvalue weighted by molar-refractivity contribution is 5.89. The summed E-state index contributed by atoms with van der Waals surface area (Å²) in [6, 6.07) is 18.4. The lowest BCUT2D eigenvalue weighted by Gasteiger charge is -2.32. The second-order valence-corrected chi connectivity index (χ2v) is 18.5. The normalized spacial score (nSPS) is 18.1. The molecule has 2 fully saturated rings. The zero-order chi connectivity index (χ0) is 44.2. The molecule has 0 N–H and O–H groups in total. The van der Waals surface area contributed by atoms with E-state index in [1.807, 2.05) is 84.5 Å². The van der Waals surface area contributed by atoms with Crippen molar-refractivity contribution in [1.82, 2.24) is 54.3 Å². The van der Waals surface area contributed by atoms with Crippen molar-refractivity contribution < 1.29 is 4.74 Å². The molecule has 2 saturated carbocycles. The Morgan fingerprint density at radius 3 is 2.05 bits per heavy atom. The molecule has 64 heavy (non-hydrogen) atoms. The number of ether oxygens (including phenoxy) is 1. The van der Waals surface area contributed by atoms with Gasteiger partial charge in [0.25, 0.3) is 0 Å². The number of aromatic nitrogens is 11. The third kappa shape index (κ3) is 7.53. The lowest BCUT2D eigenvalue weighted by atomic mass is 9.79. The molecule has 8 aromatic rings. The molecule has 0 saturated heterocycles. The summed E-state index contributed by atoms with van der Waals surface area (Å²) in [4.78, 5) is 19.8. The van der Waals surface area contributed by atoms with Crippen molar-refractivity contribution in [3.63, 3.8) is 0 Å². The van der Waals surface area contributed by atoms with Gasteiger partial charge in [0.1, 0.15) is 17.7 Å². The minimum atomic E-state index is -0.0392. The number of benzene rings is 1. The first-order chi connectivity index (χ1) is 31.0. The van der Waals surface area contributed by atoms with Crippen LogP contribution in [0.1, 0.15) is 81.3 Å². The monoisotopic (exact) mass is 847 g/mol. The summed E-state index contributed by atoms with van der Waals surface area (Å²) in [6.07, 6.45) is 20.0. The Kier molecular flexibility index (Phi) is 10.2. The second-order valence-electron chi connectivity index (χ2n) is 18.5. The average Bonchev–Trinajstić information content (AvgIpc) is 4.17. The Morgan fingerprint density at radius 1 is 0.719 bits per heavy atom. The van der Waals surface area contributed by atoms with Crippen LogP contribution in [0.4, 0.5) is 0 Å². The van der Waals surface area contributed by atoms with Crippen molar-refractivity contribution in [2.24, 2.45) is 16.7 Å². The van der Waals surface area contributed by atoms with Crippen LogP contribution in [-0.4, -0.2) is 61.4 Å². The zero-order valence-corrected chi connectivity index (χ0v) is 36.9. The number of hydrogen-bond acceptors (Lipinski definition) is 11. The summed E-state index contributed by atoms with van der Waals surface area (Å²) in [5.41, 5.74) is 11.7. The molecule has 0 spiro atoms. The van der Waals surface area contributed by atoms with Gasteiger partial charge in [-0.25, -0.2) is 9.97 Å². The van der Waals surface area contributed by atoms with E-state index < -0.39 is 0 Å². The van der Waals surface area contributed by atoms with Gasteiger partial charge in [-0.1, -0.05) is 45.2 Å². The van der Waals surface area contributed by atoms with Gasteiger partial charge in [0.2, 0.25) is 5.88 Å². The number of imidazole rings is 1. The molecule has 14 nitrogen and oxygen atoms in total. The summed E-state index contributed by atoms with van der Waals surface area (Å²) in [5.74, 6) is 0.810. The standard InChI is InChI=1S/C50H49N13O/c1-31-35(20-51)15-41(46(57-31)34-11-10-33-19-45(64-5)60-59-43(33)17-34)39-24-56-63(26-39)29-50(4)14-8-9-40(50)27-61-30-54-44-18-37(22-53-48(44)61)47-42(16-36(21-52)32(2)58-47)38-23-55-62(25-38)28-49(3)12-6-7-13-49/h10-11,15-19,22-26,30,40H,6-9,12-14,27-29H2,1-5H3. The molecule has 0 amide bonds. The molecular formula is C50H49N13O. The van der Waals surface area contributed by atoms with Crippen LogP contribution in [0.3, 0.4) is 0 Å². The van der Waals surface area contributed by atoms with Crippen LogP contribution in [0, 0.1) is 53.3 Å². The van der Waals surface area contributed by atoms with Gasteiger partial charge < -0.3 is 9.30 Å². The number of nitrogens with zero attached hydrogens (tertiary/aromatic N) is 13. The fourth-order valence-corrected chi connectivity index (χ4v) is 10.2. The first kappa shape index (κ1) is 40.7. The summed E-state index contributed by atoms with van der Waals surface area (Å²) < 4.78 is 11.6. The molecule has 7 heterocycles. The highest BCUT2D eigenvalue weighted by atomic mass is 16.5. The minimum absolute atomic E-state index is 0.0392. The number of pyridine rings is 3. The van der Waals surface area contributed by atoms with E-state index in [0.29, 0.717) is 34.3 Å². The predicted molar refractivity (Wildman–Crippen MR) is 243 cm³/mol. The molecule has 0 bridgehead atoms. The first-order valence-corrected chi connectivity index (χ1v) is 22.0. The number of methoxy groups -OCH3 is 1. The Balaban J connectivity index is 0.902. The van der Waals surface area contributed by atoms with Gasteiger partial charge in [-0.15, -0.1) is 10.2 Å². The van der Waals surface area contributed by atoms with Gasteiger partial charge >= 0.3 is 0 Å². The number of aryl methyl sites for hydroxylation is 2. The Morgan fingerprint density at radius 2 is 1.38 bits per heavy atom. The lowest BCUT2D eigenvalue weighted by Crippen LogP contribution is -2.30. The SMILES string of the molecule is COc1cc2ccc(-c3nc(C)c(C#N)cc3-c3cnn(CC4(C)CCCC4Cn4cnc5cc(-c6nc(C)c(C#N)cc6-c6cnn(CC7(C)CCCC7)c6)cnc54)c3)cc2nn1. The van der Waals surface area contributed by atoms with Gasteiger partial charge in [-0.2, -0.15) is 20.7 Å². The summed E-state index contributed by atoms with van der Waals surface area (Å²) >= 11 is 0. The van der Waals surface area contributed by atoms with E-state index in [-0.39, 0.29) is 10.8 Å². The molecule has 2 aliphatic rings. The van der Waals surface area contributed by atoms with E-state index >= 15 is 0 Å². The second kappa shape index (κ2) is 16.1. The molecule has 0 radical (unpaired) electrons. The quantitative estimate of drug-likeness (QED) is 0.121.